The molecule has 4 heterocycles. The van der Waals surface area contributed by atoms with Gasteiger partial charge in [-0.05, 0) is 72.4 Å². The van der Waals surface area contributed by atoms with Gasteiger partial charge in [-0.3, -0.25) is 19.5 Å². The van der Waals surface area contributed by atoms with Crippen LogP contribution in [0.2, 0.25) is 0 Å². The van der Waals surface area contributed by atoms with E-state index in [1.165, 1.54) is 28.3 Å². The molecule has 43 heavy (non-hydrogen) atoms. The number of piperazine rings is 1. The number of carbonyl (C=O) groups excluding carboxylic acids is 1. The van der Waals surface area contributed by atoms with Crippen molar-refractivity contribution in [2.24, 2.45) is 0 Å². The van der Waals surface area contributed by atoms with Crippen molar-refractivity contribution in [1.29, 1.82) is 0 Å². The fourth-order valence-corrected chi connectivity index (χ4v) is 6.35. The van der Waals surface area contributed by atoms with Crippen molar-refractivity contribution in [3.8, 4) is 11.1 Å². The summed E-state index contributed by atoms with van der Waals surface area (Å²) in [5.41, 5.74) is 7.90. The molecule has 0 bridgehead atoms. The maximum atomic E-state index is 11.9. The number of H-pyrrole nitrogens is 1. The molecule has 6 rings (SSSR count). The number of aromatic amines is 1. The third-order valence-corrected chi connectivity index (χ3v) is 8.86. The molecule has 9 heteroatoms. The minimum atomic E-state index is 0.0199. The van der Waals surface area contributed by atoms with Crippen LogP contribution in [-0.4, -0.2) is 98.1 Å². The predicted molar refractivity (Wildman–Crippen MR) is 171 cm³/mol. The first kappa shape index (κ1) is 29.0. The molecular formula is C34H41N7O2. The third-order valence-electron chi connectivity index (χ3n) is 8.86. The molecule has 2 N–H and O–H groups in total. The van der Waals surface area contributed by atoms with E-state index in [0.717, 1.165) is 87.4 Å². The molecule has 1 amide bonds. The summed E-state index contributed by atoms with van der Waals surface area (Å²) in [6.45, 7) is 12.9. The molecule has 2 aliphatic rings. The zero-order valence-electron chi connectivity index (χ0n) is 25.0. The molecule has 224 valence electrons. The van der Waals surface area contributed by atoms with Crippen molar-refractivity contribution in [3.05, 3.63) is 83.8 Å². The molecule has 0 atom stereocenters. The molecule has 0 aliphatic carbocycles. The Morgan fingerprint density at radius 1 is 1.05 bits per heavy atom. The number of carbonyl (C=O) groups is 1. The highest BCUT2D eigenvalue weighted by Crippen LogP contribution is 2.30. The zero-order chi connectivity index (χ0) is 29.8. The Morgan fingerprint density at radius 2 is 1.86 bits per heavy atom. The number of benzene rings is 2. The van der Waals surface area contributed by atoms with E-state index in [9.17, 15) is 9.90 Å². The Balaban J connectivity index is 1.12. The van der Waals surface area contributed by atoms with Crippen LogP contribution in [0.25, 0.3) is 34.2 Å². The lowest BCUT2D eigenvalue weighted by atomic mass is 9.97. The summed E-state index contributed by atoms with van der Waals surface area (Å²) in [5, 5.41) is 22.7. The molecular weight excluding hydrogens is 538 g/mol. The normalized spacial score (nSPS) is 17.3. The first-order valence-corrected chi connectivity index (χ1v) is 15.3. The standard InChI is InChI=1S/C34H41N7O2/c1-3-34(43)40-16-14-39(15-17-40)23-26-4-7-30(25(2)20-26)28-6-9-33-31(21-28)32(36-37-33)8-5-27-22-35-41(24-27)29-10-12-38(13-11-29)18-19-42/h3-9,20-22,24,29,42H,1,10-19,23H2,2H3,(H,36,37)/b8-5+. The number of nitrogens with one attached hydrogen (secondary N) is 1. The van der Waals surface area contributed by atoms with E-state index in [1.54, 1.807) is 0 Å². The van der Waals surface area contributed by atoms with Gasteiger partial charge in [-0.15, -0.1) is 0 Å². The quantitative estimate of drug-likeness (QED) is 0.286. The molecule has 2 saturated heterocycles. The topological polar surface area (TPSA) is 93.5 Å². The summed E-state index contributed by atoms with van der Waals surface area (Å²) in [4.78, 5) is 18.5. The number of aliphatic hydroxyl groups is 1. The Bertz CT molecular complexity index is 1600. The van der Waals surface area contributed by atoms with E-state index in [-0.39, 0.29) is 12.5 Å². The summed E-state index contributed by atoms with van der Waals surface area (Å²) >= 11 is 0. The van der Waals surface area contributed by atoms with Gasteiger partial charge < -0.3 is 14.9 Å². The van der Waals surface area contributed by atoms with E-state index >= 15 is 0 Å². The van der Waals surface area contributed by atoms with Crippen LogP contribution in [0.3, 0.4) is 0 Å². The minimum Gasteiger partial charge on any atom is -0.395 e. The zero-order valence-corrected chi connectivity index (χ0v) is 25.0. The number of amides is 1. The number of fused-ring (bicyclic) bond motifs is 1. The molecule has 2 aromatic carbocycles. The lowest BCUT2D eigenvalue weighted by Gasteiger charge is -2.34. The van der Waals surface area contributed by atoms with Crippen LogP contribution in [0.5, 0.6) is 0 Å². The first-order valence-electron chi connectivity index (χ1n) is 15.3. The number of hydrogen-bond donors (Lipinski definition) is 2. The van der Waals surface area contributed by atoms with Gasteiger partial charge in [0.25, 0.3) is 0 Å². The number of rotatable bonds is 9. The molecule has 2 fully saturated rings. The van der Waals surface area contributed by atoms with Crippen LogP contribution < -0.4 is 0 Å². The number of hydrogen-bond acceptors (Lipinski definition) is 6. The summed E-state index contributed by atoms with van der Waals surface area (Å²) in [5.74, 6) is 0.0199. The van der Waals surface area contributed by atoms with E-state index in [2.05, 4.69) is 98.0 Å². The Hall–Kier alpha value is -4.05. The van der Waals surface area contributed by atoms with Crippen molar-refractivity contribution in [3.63, 3.8) is 0 Å². The fourth-order valence-electron chi connectivity index (χ4n) is 6.35. The van der Waals surface area contributed by atoms with Crippen molar-refractivity contribution in [2.75, 3.05) is 52.4 Å². The number of aromatic nitrogens is 4. The molecule has 4 aromatic rings. The Kier molecular flexibility index (Phi) is 8.83. The van der Waals surface area contributed by atoms with Gasteiger partial charge in [-0.2, -0.15) is 10.2 Å². The van der Waals surface area contributed by atoms with Gasteiger partial charge in [0.2, 0.25) is 5.91 Å². The maximum absolute atomic E-state index is 11.9. The van der Waals surface area contributed by atoms with Crippen LogP contribution in [0.1, 0.15) is 41.3 Å². The second-order valence-corrected chi connectivity index (χ2v) is 11.7. The summed E-state index contributed by atoms with van der Waals surface area (Å²) < 4.78 is 2.09. The summed E-state index contributed by atoms with van der Waals surface area (Å²) in [6.07, 6.45) is 11.7. The van der Waals surface area contributed by atoms with Gasteiger partial charge in [0.05, 0.1) is 30.1 Å². The highest BCUT2D eigenvalue weighted by Gasteiger charge is 2.21. The molecule has 0 unspecified atom stereocenters. The minimum absolute atomic E-state index is 0.0199. The van der Waals surface area contributed by atoms with Gasteiger partial charge in [-0.1, -0.05) is 30.8 Å². The van der Waals surface area contributed by atoms with Gasteiger partial charge in [0.1, 0.15) is 0 Å². The molecule has 0 radical (unpaired) electrons. The smallest absolute Gasteiger partial charge is 0.246 e. The van der Waals surface area contributed by atoms with Crippen molar-refractivity contribution in [2.45, 2.75) is 32.4 Å². The second kappa shape index (κ2) is 13.1. The van der Waals surface area contributed by atoms with Crippen LogP contribution in [0, 0.1) is 6.92 Å². The van der Waals surface area contributed by atoms with Crippen molar-refractivity contribution < 1.29 is 9.90 Å². The van der Waals surface area contributed by atoms with Gasteiger partial charge in [0, 0.05) is 69.5 Å². The molecule has 0 spiro atoms. The van der Waals surface area contributed by atoms with Crippen molar-refractivity contribution in [1.82, 2.24) is 34.7 Å². The number of likely N-dealkylation sites (tertiary alicyclic amines) is 1. The number of aliphatic hydroxyl groups excluding tert-OH is 1. The third kappa shape index (κ3) is 6.64. The molecule has 0 saturated carbocycles. The molecule has 9 nitrogen and oxygen atoms in total. The largest absolute Gasteiger partial charge is 0.395 e. The van der Waals surface area contributed by atoms with Crippen molar-refractivity contribution >= 4 is 29.0 Å². The molecule has 2 aromatic heterocycles. The number of piperidine rings is 1. The lowest BCUT2D eigenvalue weighted by molar-refractivity contribution is -0.127. The summed E-state index contributed by atoms with van der Waals surface area (Å²) in [7, 11) is 0. The molecule has 2 aliphatic heterocycles. The van der Waals surface area contributed by atoms with E-state index in [1.807, 2.05) is 11.1 Å². The Labute approximate surface area is 253 Å². The van der Waals surface area contributed by atoms with E-state index in [4.69, 9.17) is 0 Å². The first-order chi connectivity index (χ1) is 21.0. The predicted octanol–water partition coefficient (Wildman–Crippen LogP) is 4.36. The Morgan fingerprint density at radius 3 is 2.60 bits per heavy atom. The highest BCUT2D eigenvalue weighted by atomic mass is 16.3. The SMILES string of the molecule is C=CC(=O)N1CCN(Cc2ccc(-c3ccc4[nH]nc(/C=C/c5cnn(C6CCN(CCO)CC6)c5)c4c3)c(C)c2)CC1. The second-order valence-electron chi connectivity index (χ2n) is 11.7. The van der Waals surface area contributed by atoms with Gasteiger partial charge in [-0.25, -0.2) is 0 Å². The monoisotopic (exact) mass is 579 g/mol. The number of β-amino-alcohol motifs (C(OH)–C–C–N with tert-alkyl or cyclic N) is 1. The highest BCUT2D eigenvalue weighted by molar-refractivity contribution is 5.92. The van der Waals surface area contributed by atoms with Gasteiger partial charge >= 0.3 is 0 Å². The van der Waals surface area contributed by atoms with Crippen LogP contribution in [0.15, 0.2) is 61.4 Å². The average Bonchev–Trinajstić information content (AvgIpc) is 3.67. The van der Waals surface area contributed by atoms with Gasteiger partial charge in [0.15, 0.2) is 0 Å². The van der Waals surface area contributed by atoms with Crippen LogP contribution >= 0.6 is 0 Å². The fraction of sp³-hybridized carbons (Fsp3) is 0.382. The number of nitrogens with zero attached hydrogens (tertiary/aromatic N) is 6. The van der Waals surface area contributed by atoms with Crippen LogP contribution in [0.4, 0.5) is 0 Å². The van der Waals surface area contributed by atoms with E-state index in [0.29, 0.717) is 6.04 Å². The number of aryl methyl sites for hydroxylation is 1. The van der Waals surface area contributed by atoms with Crippen LogP contribution in [-0.2, 0) is 11.3 Å². The maximum Gasteiger partial charge on any atom is 0.246 e. The summed E-state index contributed by atoms with van der Waals surface area (Å²) in [6, 6.07) is 13.6. The lowest BCUT2D eigenvalue weighted by Crippen LogP contribution is -2.47. The van der Waals surface area contributed by atoms with E-state index < -0.39 is 0 Å². The average molecular weight is 580 g/mol.